The molecular weight excluding hydrogens is 310 g/mol. The van der Waals surface area contributed by atoms with Gasteiger partial charge < -0.3 is 14.5 Å². The third-order valence-corrected chi connectivity index (χ3v) is 3.30. The molecule has 0 bridgehead atoms. The second-order valence-electron chi connectivity index (χ2n) is 3.76. The van der Waals surface area contributed by atoms with Crippen molar-refractivity contribution in [1.82, 2.24) is 9.97 Å². The average Bonchev–Trinajstić information content (AvgIpc) is 2.80. The van der Waals surface area contributed by atoms with Gasteiger partial charge in [-0.3, -0.25) is 0 Å². The summed E-state index contributed by atoms with van der Waals surface area (Å²) >= 11 is 3.33. The number of halogens is 1. The maximum Gasteiger partial charge on any atom is 0.161 e. The number of hydrogen-bond acceptors (Lipinski definition) is 4. The molecule has 1 heterocycles. The van der Waals surface area contributed by atoms with Crippen molar-refractivity contribution in [3.05, 3.63) is 28.5 Å². The highest BCUT2D eigenvalue weighted by Crippen LogP contribution is 2.32. The summed E-state index contributed by atoms with van der Waals surface area (Å²) in [6.07, 6.45) is 0.279. The molecule has 1 N–H and O–H groups in total. The summed E-state index contributed by atoms with van der Waals surface area (Å²) in [5.41, 5.74) is 1.62. The van der Waals surface area contributed by atoms with Gasteiger partial charge in [0.05, 0.1) is 32.4 Å². The molecule has 2 aromatic rings. The van der Waals surface area contributed by atoms with Crippen LogP contribution in [-0.2, 0) is 6.42 Å². The van der Waals surface area contributed by atoms with Gasteiger partial charge in [0.2, 0.25) is 0 Å². The molecular formula is C13H12BrN3O2. The van der Waals surface area contributed by atoms with E-state index in [0.29, 0.717) is 21.9 Å². The number of H-pyrrole nitrogens is 1. The Bertz CT molecular complexity index is 631. The Kier molecular flexibility index (Phi) is 4.07. The van der Waals surface area contributed by atoms with Gasteiger partial charge in [0, 0.05) is 5.56 Å². The Labute approximate surface area is 119 Å². The quantitative estimate of drug-likeness (QED) is 0.939. The van der Waals surface area contributed by atoms with E-state index in [2.05, 4.69) is 32.0 Å². The highest BCUT2D eigenvalue weighted by molar-refractivity contribution is 9.10. The second kappa shape index (κ2) is 5.76. The van der Waals surface area contributed by atoms with Gasteiger partial charge in [0.15, 0.2) is 11.5 Å². The first-order valence-corrected chi connectivity index (χ1v) is 6.32. The summed E-state index contributed by atoms with van der Waals surface area (Å²) in [7, 11) is 3.17. The maximum atomic E-state index is 8.72. The summed E-state index contributed by atoms with van der Waals surface area (Å²) in [4.78, 5) is 7.45. The van der Waals surface area contributed by atoms with Crippen LogP contribution in [0.5, 0.6) is 11.5 Å². The first-order valence-electron chi connectivity index (χ1n) is 5.53. The van der Waals surface area contributed by atoms with Crippen LogP contribution in [0.2, 0.25) is 0 Å². The van der Waals surface area contributed by atoms with Crippen molar-refractivity contribution in [2.75, 3.05) is 14.2 Å². The number of nitrogens with one attached hydrogen (secondary N) is 1. The summed E-state index contributed by atoms with van der Waals surface area (Å²) in [6, 6.07) is 7.61. The molecule has 1 aromatic carbocycles. The number of methoxy groups -OCH3 is 2. The zero-order valence-corrected chi connectivity index (χ0v) is 12.1. The Hall–Kier alpha value is -2.00. The van der Waals surface area contributed by atoms with Crippen molar-refractivity contribution >= 4 is 15.9 Å². The molecule has 0 unspecified atom stereocenters. The molecule has 2 rings (SSSR count). The number of nitriles is 1. The smallest absolute Gasteiger partial charge is 0.161 e. The van der Waals surface area contributed by atoms with Crippen LogP contribution >= 0.6 is 15.9 Å². The fraction of sp³-hybridized carbons (Fsp3) is 0.231. The summed E-state index contributed by atoms with van der Waals surface area (Å²) in [5, 5.41) is 8.72. The average molecular weight is 322 g/mol. The van der Waals surface area contributed by atoms with Crippen LogP contribution < -0.4 is 9.47 Å². The van der Waals surface area contributed by atoms with Crippen molar-refractivity contribution in [2.45, 2.75) is 6.42 Å². The number of ether oxygens (including phenoxy) is 2. The van der Waals surface area contributed by atoms with Gasteiger partial charge in [-0.2, -0.15) is 5.26 Å². The number of nitrogens with zero attached hydrogens (tertiary/aromatic N) is 2. The zero-order valence-electron chi connectivity index (χ0n) is 10.5. The van der Waals surface area contributed by atoms with Crippen LogP contribution in [0.15, 0.2) is 22.8 Å². The molecule has 0 fully saturated rings. The van der Waals surface area contributed by atoms with Crippen molar-refractivity contribution in [2.24, 2.45) is 0 Å². The highest BCUT2D eigenvalue weighted by atomic mass is 79.9. The fourth-order valence-electron chi connectivity index (χ4n) is 1.70. The molecule has 0 aliphatic heterocycles. The lowest BCUT2D eigenvalue weighted by molar-refractivity contribution is 0.355. The summed E-state index contributed by atoms with van der Waals surface area (Å²) < 4.78 is 11.1. The molecule has 5 nitrogen and oxygen atoms in total. The predicted octanol–water partition coefficient (Wildman–Crippen LogP) is 2.92. The first kappa shape index (κ1) is 13.4. The van der Waals surface area contributed by atoms with E-state index >= 15 is 0 Å². The van der Waals surface area contributed by atoms with E-state index in [0.717, 1.165) is 11.3 Å². The van der Waals surface area contributed by atoms with E-state index in [1.165, 1.54) is 0 Å². The molecule has 0 atom stereocenters. The number of imidazole rings is 1. The molecule has 0 saturated carbocycles. The van der Waals surface area contributed by atoms with E-state index < -0.39 is 0 Å². The van der Waals surface area contributed by atoms with E-state index in [1.807, 2.05) is 18.2 Å². The predicted molar refractivity (Wildman–Crippen MR) is 74.1 cm³/mol. The second-order valence-corrected chi connectivity index (χ2v) is 4.51. The molecule has 0 radical (unpaired) electrons. The number of hydrogen-bond donors (Lipinski definition) is 1. The Morgan fingerprint density at radius 3 is 2.68 bits per heavy atom. The lowest BCUT2D eigenvalue weighted by Gasteiger charge is -2.08. The maximum absolute atomic E-state index is 8.72. The van der Waals surface area contributed by atoms with Gasteiger partial charge in [-0.05, 0) is 34.1 Å². The minimum Gasteiger partial charge on any atom is -0.493 e. The van der Waals surface area contributed by atoms with Crippen molar-refractivity contribution in [3.8, 4) is 29.0 Å². The van der Waals surface area contributed by atoms with Crippen LogP contribution in [0.3, 0.4) is 0 Å². The molecule has 0 saturated heterocycles. The number of benzene rings is 1. The number of rotatable bonds is 4. The summed E-state index contributed by atoms with van der Waals surface area (Å²) in [6.45, 7) is 0. The Balaban J connectivity index is 2.42. The van der Waals surface area contributed by atoms with Gasteiger partial charge in [0.1, 0.15) is 10.4 Å². The van der Waals surface area contributed by atoms with E-state index in [9.17, 15) is 0 Å². The summed E-state index contributed by atoms with van der Waals surface area (Å²) in [5.74, 6) is 1.97. The standard InChI is InChI=1S/C13H12BrN3O2/c1-18-10-4-3-8(7-11(10)19-2)13-16-9(5-6-15)12(14)17-13/h3-4,7H,5H2,1-2H3,(H,16,17). The largest absolute Gasteiger partial charge is 0.493 e. The lowest BCUT2D eigenvalue weighted by atomic mass is 10.2. The molecule has 19 heavy (non-hydrogen) atoms. The van der Waals surface area contributed by atoms with Crippen molar-refractivity contribution in [1.29, 1.82) is 5.26 Å². The molecule has 98 valence electrons. The fourth-order valence-corrected chi connectivity index (χ4v) is 2.12. The molecule has 0 aliphatic carbocycles. The Morgan fingerprint density at radius 2 is 2.05 bits per heavy atom. The van der Waals surface area contributed by atoms with Gasteiger partial charge in [0.25, 0.3) is 0 Å². The van der Waals surface area contributed by atoms with E-state index in [4.69, 9.17) is 14.7 Å². The van der Waals surface area contributed by atoms with Gasteiger partial charge >= 0.3 is 0 Å². The molecule has 0 amide bonds. The minimum absolute atomic E-state index is 0.279. The van der Waals surface area contributed by atoms with Gasteiger partial charge in [-0.25, -0.2) is 4.98 Å². The van der Waals surface area contributed by atoms with Crippen LogP contribution in [-0.4, -0.2) is 24.2 Å². The van der Waals surface area contributed by atoms with Crippen LogP contribution in [0.4, 0.5) is 0 Å². The normalized spacial score (nSPS) is 10.0. The van der Waals surface area contributed by atoms with Crippen LogP contribution in [0, 0.1) is 11.3 Å². The third-order valence-electron chi connectivity index (χ3n) is 2.64. The van der Waals surface area contributed by atoms with E-state index in [-0.39, 0.29) is 6.42 Å². The van der Waals surface area contributed by atoms with Gasteiger partial charge in [-0.15, -0.1) is 0 Å². The molecule has 0 spiro atoms. The highest BCUT2D eigenvalue weighted by Gasteiger charge is 2.12. The van der Waals surface area contributed by atoms with Gasteiger partial charge in [-0.1, -0.05) is 0 Å². The van der Waals surface area contributed by atoms with Crippen LogP contribution in [0.25, 0.3) is 11.4 Å². The van der Waals surface area contributed by atoms with E-state index in [1.54, 1.807) is 14.2 Å². The number of aromatic amines is 1. The molecule has 1 aromatic heterocycles. The topological polar surface area (TPSA) is 70.9 Å². The van der Waals surface area contributed by atoms with Crippen LogP contribution in [0.1, 0.15) is 5.69 Å². The zero-order chi connectivity index (χ0) is 13.8. The lowest BCUT2D eigenvalue weighted by Crippen LogP contribution is -1.91. The van der Waals surface area contributed by atoms with Crippen molar-refractivity contribution in [3.63, 3.8) is 0 Å². The minimum atomic E-state index is 0.279. The number of aromatic nitrogens is 2. The third kappa shape index (κ3) is 2.71. The first-order chi connectivity index (χ1) is 9.19. The molecule has 0 aliphatic rings. The molecule has 6 heteroatoms. The monoisotopic (exact) mass is 321 g/mol. The Morgan fingerprint density at radius 1 is 1.32 bits per heavy atom. The van der Waals surface area contributed by atoms with Crippen molar-refractivity contribution < 1.29 is 9.47 Å². The SMILES string of the molecule is COc1ccc(-c2nc(Br)c(CC#N)[nH]2)cc1OC.